The van der Waals surface area contributed by atoms with Crippen molar-refractivity contribution in [2.45, 2.75) is 6.92 Å². The van der Waals surface area contributed by atoms with E-state index in [1.165, 1.54) is 6.21 Å². The van der Waals surface area contributed by atoms with Gasteiger partial charge >= 0.3 is 0 Å². The summed E-state index contributed by atoms with van der Waals surface area (Å²) in [7, 11) is 0. The normalized spacial score (nSPS) is 10.9. The van der Waals surface area contributed by atoms with E-state index in [4.69, 9.17) is 4.74 Å². The first-order valence-electron chi connectivity index (χ1n) is 7.86. The smallest absolute Gasteiger partial charge is 0.277 e. The second-order valence-electron chi connectivity index (χ2n) is 5.57. The fraction of sp³-hybridized carbons (Fsp3) is 0.100. The van der Waals surface area contributed by atoms with Crippen molar-refractivity contribution in [3.8, 4) is 11.5 Å². The van der Waals surface area contributed by atoms with Gasteiger partial charge in [-0.15, -0.1) is 0 Å². The number of carbonyl (C=O) groups excluding carboxylic acids is 1. The molecule has 3 aromatic carbocycles. The minimum atomic E-state index is -0.375. The van der Waals surface area contributed by atoms with E-state index in [-0.39, 0.29) is 18.3 Å². The summed E-state index contributed by atoms with van der Waals surface area (Å²) < 4.78 is 5.45. The van der Waals surface area contributed by atoms with Crippen LogP contribution in [0.3, 0.4) is 0 Å². The molecular formula is C20H18N2O3. The number of hydrogen-bond donors (Lipinski definition) is 2. The molecule has 0 spiro atoms. The molecule has 3 rings (SSSR count). The molecule has 0 bridgehead atoms. The average molecular weight is 334 g/mol. The third kappa shape index (κ3) is 3.95. The van der Waals surface area contributed by atoms with Crippen molar-refractivity contribution in [2.75, 3.05) is 6.61 Å². The lowest BCUT2D eigenvalue weighted by molar-refractivity contribution is -0.123. The molecule has 0 aliphatic heterocycles. The summed E-state index contributed by atoms with van der Waals surface area (Å²) in [5, 5.41) is 15.8. The highest BCUT2D eigenvalue weighted by Crippen LogP contribution is 2.27. The molecule has 0 fully saturated rings. The Balaban J connectivity index is 1.60. The highest BCUT2D eigenvalue weighted by molar-refractivity contribution is 5.97. The first-order valence-corrected chi connectivity index (χ1v) is 7.86. The SMILES string of the molecule is Cc1ccccc1OCC(=O)N/N=C\c1ccc2ccccc2c1O. The zero-order chi connectivity index (χ0) is 17.6. The Morgan fingerprint density at radius 2 is 1.88 bits per heavy atom. The van der Waals surface area contributed by atoms with E-state index in [0.717, 1.165) is 16.3 Å². The van der Waals surface area contributed by atoms with Gasteiger partial charge in [0.25, 0.3) is 5.91 Å². The van der Waals surface area contributed by atoms with Gasteiger partial charge in [0.2, 0.25) is 0 Å². The lowest BCUT2D eigenvalue weighted by atomic mass is 10.1. The molecule has 0 radical (unpaired) electrons. The molecule has 3 aromatic rings. The van der Waals surface area contributed by atoms with Gasteiger partial charge in [-0.2, -0.15) is 5.10 Å². The van der Waals surface area contributed by atoms with E-state index in [0.29, 0.717) is 11.3 Å². The minimum absolute atomic E-state index is 0.132. The Hall–Kier alpha value is -3.34. The van der Waals surface area contributed by atoms with E-state index in [1.54, 1.807) is 12.1 Å². The van der Waals surface area contributed by atoms with Crippen LogP contribution in [0.15, 0.2) is 65.8 Å². The summed E-state index contributed by atoms with van der Waals surface area (Å²) in [5.74, 6) is 0.417. The number of para-hydroxylation sites is 1. The number of nitrogens with one attached hydrogen (secondary N) is 1. The highest BCUT2D eigenvalue weighted by atomic mass is 16.5. The van der Waals surface area contributed by atoms with Crippen molar-refractivity contribution < 1.29 is 14.6 Å². The number of nitrogens with zero attached hydrogens (tertiary/aromatic N) is 1. The molecule has 0 atom stereocenters. The number of phenols is 1. The van der Waals surface area contributed by atoms with Crippen LogP contribution >= 0.6 is 0 Å². The van der Waals surface area contributed by atoms with E-state index in [2.05, 4.69) is 10.5 Å². The van der Waals surface area contributed by atoms with Gasteiger partial charge in [0.15, 0.2) is 6.61 Å². The molecule has 126 valence electrons. The maximum absolute atomic E-state index is 11.8. The van der Waals surface area contributed by atoms with Gasteiger partial charge < -0.3 is 9.84 Å². The van der Waals surface area contributed by atoms with Gasteiger partial charge in [0.1, 0.15) is 11.5 Å². The largest absolute Gasteiger partial charge is 0.507 e. The number of fused-ring (bicyclic) bond motifs is 1. The quantitative estimate of drug-likeness (QED) is 0.555. The molecule has 0 heterocycles. The van der Waals surface area contributed by atoms with Crippen LogP contribution in [0.5, 0.6) is 11.5 Å². The molecular weight excluding hydrogens is 316 g/mol. The first-order chi connectivity index (χ1) is 12.1. The molecule has 0 unspecified atom stereocenters. The van der Waals surface area contributed by atoms with Crippen molar-refractivity contribution in [3.05, 3.63) is 71.8 Å². The molecule has 0 aliphatic rings. The molecule has 2 N–H and O–H groups in total. The molecule has 0 aliphatic carbocycles. The minimum Gasteiger partial charge on any atom is -0.507 e. The van der Waals surface area contributed by atoms with Crippen molar-refractivity contribution in [1.29, 1.82) is 0 Å². The Morgan fingerprint density at radius 1 is 1.12 bits per heavy atom. The summed E-state index contributed by atoms with van der Waals surface area (Å²) in [5.41, 5.74) is 3.88. The molecule has 25 heavy (non-hydrogen) atoms. The van der Waals surface area contributed by atoms with Crippen molar-refractivity contribution in [1.82, 2.24) is 5.43 Å². The lowest BCUT2D eigenvalue weighted by Crippen LogP contribution is -2.24. The monoisotopic (exact) mass is 334 g/mol. The van der Waals surface area contributed by atoms with E-state index >= 15 is 0 Å². The number of aromatic hydroxyl groups is 1. The van der Waals surface area contributed by atoms with Gasteiger partial charge in [-0.1, -0.05) is 48.5 Å². The van der Waals surface area contributed by atoms with Gasteiger partial charge in [-0.25, -0.2) is 5.43 Å². The molecule has 5 heteroatoms. The summed E-state index contributed by atoms with van der Waals surface area (Å²) in [6, 6.07) is 18.6. The summed E-state index contributed by atoms with van der Waals surface area (Å²) >= 11 is 0. The number of ether oxygens (including phenoxy) is 1. The second-order valence-corrected chi connectivity index (χ2v) is 5.57. The topological polar surface area (TPSA) is 70.9 Å². The van der Waals surface area contributed by atoms with Gasteiger partial charge in [-0.3, -0.25) is 4.79 Å². The van der Waals surface area contributed by atoms with Crippen LogP contribution in [0, 0.1) is 6.92 Å². The fourth-order valence-electron chi connectivity index (χ4n) is 2.44. The number of hydrogen-bond acceptors (Lipinski definition) is 4. The Bertz CT molecular complexity index is 935. The summed E-state index contributed by atoms with van der Waals surface area (Å²) in [6.07, 6.45) is 1.41. The Morgan fingerprint density at radius 3 is 2.72 bits per heavy atom. The number of benzene rings is 3. The van der Waals surface area contributed by atoms with Crippen LogP contribution < -0.4 is 10.2 Å². The van der Waals surface area contributed by atoms with E-state index < -0.39 is 0 Å². The average Bonchev–Trinajstić information content (AvgIpc) is 2.63. The highest BCUT2D eigenvalue weighted by Gasteiger charge is 2.05. The third-order valence-electron chi connectivity index (χ3n) is 3.78. The van der Waals surface area contributed by atoms with Crippen LogP contribution in [0.2, 0.25) is 0 Å². The van der Waals surface area contributed by atoms with Crippen molar-refractivity contribution in [3.63, 3.8) is 0 Å². The maximum Gasteiger partial charge on any atom is 0.277 e. The van der Waals surface area contributed by atoms with Crippen LogP contribution in [0.4, 0.5) is 0 Å². The van der Waals surface area contributed by atoms with Gasteiger partial charge in [0, 0.05) is 10.9 Å². The summed E-state index contributed by atoms with van der Waals surface area (Å²) in [6.45, 7) is 1.78. The number of amides is 1. The fourth-order valence-corrected chi connectivity index (χ4v) is 2.44. The zero-order valence-corrected chi connectivity index (χ0v) is 13.8. The lowest BCUT2D eigenvalue weighted by Gasteiger charge is -2.07. The second kappa shape index (κ2) is 7.49. The van der Waals surface area contributed by atoms with E-state index in [9.17, 15) is 9.90 Å². The van der Waals surface area contributed by atoms with Crippen LogP contribution in [-0.2, 0) is 4.79 Å². The van der Waals surface area contributed by atoms with Crippen LogP contribution in [0.25, 0.3) is 10.8 Å². The Labute approximate surface area is 145 Å². The first kappa shape index (κ1) is 16.5. The third-order valence-corrected chi connectivity index (χ3v) is 3.78. The predicted molar refractivity (Wildman–Crippen MR) is 98.0 cm³/mol. The number of aryl methyl sites for hydroxylation is 1. The predicted octanol–water partition coefficient (Wildman–Crippen LogP) is 3.38. The van der Waals surface area contributed by atoms with Crippen LogP contribution in [-0.4, -0.2) is 23.8 Å². The maximum atomic E-state index is 11.8. The van der Waals surface area contributed by atoms with Crippen molar-refractivity contribution >= 4 is 22.9 Å². The number of rotatable bonds is 5. The number of phenolic OH excluding ortho intramolecular Hbond substituents is 1. The molecule has 0 saturated heterocycles. The molecule has 5 nitrogen and oxygen atoms in total. The van der Waals surface area contributed by atoms with Crippen LogP contribution in [0.1, 0.15) is 11.1 Å². The van der Waals surface area contributed by atoms with Gasteiger partial charge in [-0.05, 0) is 30.0 Å². The number of carbonyl (C=O) groups is 1. The number of hydrazone groups is 1. The Kier molecular flexibility index (Phi) is 4.95. The van der Waals surface area contributed by atoms with Crippen molar-refractivity contribution in [2.24, 2.45) is 5.10 Å². The standard InChI is InChI=1S/C20H18N2O3/c1-14-6-2-5-9-18(14)25-13-19(23)22-21-12-16-11-10-15-7-3-4-8-17(15)20(16)24/h2-12,24H,13H2,1H3,(H,22,23)/b21-12-. The van der Waals surface area contributed by atoms with Gasteiger partial charge in [0.05, 0.1) is 6.21 Å². The molecule has 0 aromatic heterocycles. The molecule has 0 saturated carbocycles. The zero-order valence-electron chi connectivity index (χ0n) is 13.8. The molecule has 1 amide bonds. The van der Waals surface area contributed by atoms with E-state index in [1.807, 2.05) is 55.5 Å². The summed E-state index contributed by atoms with van der Waals surface area (Å²) in [4.78, 5) is 11.8.